The number of fused-ring (bicyclic) bond motifs is 1. The summed E-state index contributed by atoms with van der Waals surface area (Å²) < 4.78 is 4.41. The maximum absolute atomic E-state index is 13.4. The minimum atomic E-state index is -1.22. The molecule has 6 amide bonds. The van der Waals surface area contributed by atoms with Crippen molar-refractivity contribution in [3.05, 3.63) is 60.1 Å². The van der Waals surface area contributed by atoms with Crippen molar-refractivity contribution in [1.82, 2.24) is 25.4 Å². The van der Waals surface area contributed by atoms with Crippen LogP contribution in [0.1, 0.15) is 31.2 Å². The Hall–Kier alpha value is -4.33. The highest BCUT2D eigenvalue weighted by Gasteiger charge is 2.64. The molecule has 0 radical (unpaired) electrons. The number of urea groups is 2. The van der Waals surface area contributed by atoms with E-state index in [9.17, 15) is 29.1 Å². The third kappa shape index (κ3) is 4.82. The highest BCUT2D eigenvalue weighted by atomic mass is 32.2. The number of thioether (sulfide) groups is 1. The number of hydrogen-bond acceptors (Lipinski definition) is 8. The number of nitrogens with one attached hydrogen (secondary N) is 2. The number of carboxylic acids is 1. The minimum Gasteiger partial charge on any atom is -0.480 e. The van der Waals surface area contributed by atoms with E-state index in [2.05, 4.69) is 15.7 Å². The Morgan fingerprint density at radius 3 is 2.56 bits per heavy atom. The molecule has 3 fully saturated rings. The van der Waals surface area contributed by atoms with Gasteiger partial charge in [0.15, 0.2) is 0 Å². The van der Waals surface area contributed by atoms with E-state index in [0.717, 1.165) is 9.91 Å². The molecule has 3 aliphatic heterocycles. The first-order chi connectivity index (χ1) is 18.6. The van der Waals surface area contributed by atoms with E-state index in [4.69, 9.17) is 4.42 Å². The SMILES string of the molecule is CC1(C)S[C@@H]2C(NC(=O)C(NC(=O)N3CCN(/N=C/c4ccco4)C3=O)c3ccccc3)C(=O)N2[C@H]1C(=O)O. The van der Waals surface area contributed by atoms with Crippen molar-refractivity contribution in [3.8, 4) is 0 Å². The predicted molar refractivity (Wildman–Crippen MR) is 138 cm³/mol. The zero-order valence-electron chi connectivity index (χ0n) is 21.0. The molecule has 13 nitrogen and oxygen atoms in total. The molecule has 4 heterocycles. The van der Waals surface area contributed by atoms with Crippen LogP contribution in [0.15, 0.2) is 58.2 Å². The van der Waals surface area contributed by atoms with Crippen LogP contribution in [0.2, 0.25) is 0 Å². The van der Waals surface area contributed by atoms with E-state index >= 15 is 0 Å². The number of aliphatic carboxylic acids is 1. The molecule has 0 aliphatic carbocycles. The van der Waals surface area contributed by atoms with Crippen LogP contribution in [0.3, 0.4) is 0 Å². The van der Waals surface area contributed by atoms with Crippen molar-refractivity contribution in [2.75, 3.05) is 13.1 Å². The Kier molecular flexibility index (Phi) is 6.80. The number of carboxylic acid groups (broad SMARTS) is 1. The molecule has 14 heteroatoms. The molecule has 1 aromatic carbocycles. The molecule has 1 aromatic heterocycles. The van der Waals surface area contributed by atoms with Crippen molar-refractivity contribution in [1.29, 1.82) is 0 Å². The molecule has 4 atom stereocenters. The first kappa shape index (κ1) is 26.3. The second-order valence-electron chi connectivity index (χ2n) is 9.69. The zero-order valence-corrected chi connectivity index (χ0v) is 21.8. The van der Waals surface area contributed by atoms with Gasteiger partial charge in [-0.2, -0.15) is 5.10 Å². The van der Waals surface area contributed by atoms with Crippen molar-refractivity contribution in [3.63, 3.8) is 0 Å². The Labute approximate surface area is 227 Å². The summed E-state index contributed by atoms with van der Waals surface area (Å²) in [6.45, 7) is 3.67. The fourth-order valence-electron chi connectivity index (χ4n) is 4.84. The van der Waals surface area contributed by atoms with Gasteiger partial charge in [0.05, 0.1) is 25.6 Å². The monoisotopic (exact) mass is 554 g/mol. The van der Waals surface area contributed by atoms with Gasteiger partial charge < -0.3 is 25.1 Å². The number of carbonyl (C=O) groups is 5. The summed E-state index contributed by atoms with van der Waals surface area (Å²) in [5.41, 5.74) is 0.439. The topological polar surface area (TPSA) is 165 Å². The normalized spacial score (nSPS) is 24.5. The van der Waals surface area contributed by atoms with Crippen LogP contribution in [-0.2, 0) is 14.4 Å². The van der Waals surface area contributed by atoms with E-state index in [1.807, 2.05) is 0 Å². The van der Waals surface area contributed by atoms with Crippen LogP contribution in [0.4, 0.5) is 9.59 Å². The number of furan rings is 1. The number of β-lactam (4-membered cyclic amide) rings is 1. The minimum absolute atomic E-state index is 0.0454. The Bertz CT molecular complexity index is 1330. The molecule has 0 spiro atoms. The van der Waals surface area contributed by atoms with Gasteiger partial charge in [-0.3, -0.25) is 9.59 Å². The van der Waals surface area contributed by atoms with Gasteiger partial charge in [-0.1, -0.05) is 30.3 Å². The van der Waals surface area contributed by atoms with Crippen molar-refractivity contribution in [2.24, 2.45) is 5.10 Å². The average molecular weight is 555 g/mol. The Morgan fingerprint density at radius 2 is 1.90 bits per heavy atom. The summed E-state index contributed by atoms with van der Waals surface area (Å²) in [7, 11) is 0. The molecule has 3 aliphatic rings. The van der Waals surface area contributed by atoms with Gasteiger partial charge in [0.25, 0.3) is 0 Å². The predicted octanol–water partition coefficient (Wildman–Crippen LogP) is 1.43. The van der Waals surface area contributed by atoms with Crippen molar-refractivity contribution < 1.29 is 33.5 Å². The smallest absolute Gasteiger partial charge is 0.348 e. The number of hydrazone groups is 1. The number of amides is 6. The molecule has 0 bridgehead atoms. The molecule has 5 rings (SSSR count). The average Bonchev–Trinajstić information content (AvgIpc) is 3.61. The fourth-order valence-corrected chi connectivity index (χ4v) is 6.47. The lowest BCUT2D eigenvalue weighted by molar-refractivity contribution is -0.161. The summed E-state index contributed by atoms with van der Waals surface area (Å²) >= 11 is 1.30. The quantitative estimate of drug-likeness (QED) is 0.342. The van der Waals surface area contributed by atoms with Crippen LogP contribution in [-0.4, -0.2) is 91.3 Å². The first-order valence-corrected chi connectivity index (χ1v) is 13.0. The summed E-state index contributed by atoms with van der Waals surface area (Å²) in [6, 6.07) is 7.08. The van der Waals surface area contributed by atoms with E-state index < -0.39 is 58.1 Å². The summed E-state index contributed by atoms with van der Waals surface area (Å²) in [6.07, 6.45) is 2.82. The fraction of sp³-hybridized carbons (Fsp3) is 0.360. The second-order valence-corrected chi connectivity index (χ2v) is 11.5. The second kappa shape index (κ2) is 10.1. The number of carbonyl (C=O) groups excluding carboxylic acids is 4. The highest BCUT2D eigenvalue weighted by Crippen LogP contribution is 2.50. The Balaban J connectivity index is 1.28. The Morgan fingerprint density at radius 1 is 1.15 bits per heavy atom. The van der Waals surface area contributed by atoms with Crippen LogP contribution >= 0.6 is 11.8 Å². The van der Waals surface area contributed by atoms with Gasteiger partial charge >= 0.3 is 18.0 Å². The van der Waals surface area contributed by atoms with Crippen LogP contribution in [0, 0.1) is 0 Å². The lowest BCUT2D eigenvalue weighted by Crippen LogP contribution is -2.71. The van der Waals surface area contributed by atoms with Crippen LogP contribution in [0.25, 0.3) is 0 Å². The number of hydrogen-bond donors (Lipinski definition) is 3. The maximum Gasteiger partial charge on any atom is 0.348 e. The van der Waals surface area contributed by atoms with Gasteiger partial charge in [0.1, 0.15) is 29.3 Å². The number of benzene rings is 1. The van der Waals surface area contributed by atoms with E-state index in [0.29, 0.717) is 11.3 Å². The molecule has 2 aromatic rings. The molecular weight excluding hydrogens is 528 g/mol. The van der Waals surface area contributed by atoms with Gasteiger partial charge in [-0.05, 0) is 31.5 Å². The van der Waals surface area contributed by atoms with Gasteiger partial charge in [0, 0.05) is 4.75 Å². The highest BCUT2D eigenvalue weighted by molar-refractivity contribution is 8.01. The van der Waals surface area contributed by atoms with Crippen molar-refractivity contribution in [2.45, 2.75) is 42.1 Å². The van der Waals surface area contributed by atoms with Gasteiger partial charge in [-0.15, -0.1) is 11.8 Å². The van der Waals surface area contributed by atoms with E-state index in [-0.39, 0.29) is 13.1 Å². The summed E-state index contributed by atoms with van der Waals surface area (Å²) in [4.78, 5) is 66.2. The van der Waals surface area contributed by atoms with E-state index in [1.54, 1.807) is 56.3 Å². The first-order valence-electron chi connectivity index (χ1n) is 12.1. The standard InChI is InChI=1S/C25H26N6O7S/c1-25(2)18(22(34)35)31-20(33)17(21(31)39-25)27-19(32)16(14-7-4-3-5-8-14)28-23(36)29-10-11-30(24(29)37)26-13-15-9-6-12-38-15/h3-9,12-13,16-18,21H,10-11H2,1-2H3,(H,27,32)(H,28,36)(H,34,35)/b26-13+/t16?,17?,18-,21+/m0/s1. The molecule has 3 saturated heterocycles. The molecule has 2 unspecified atom stereocenters. The zero-order chi connectivity index (χ0) is 27.9. The van der Waals surface area contributed by atoms with E-state index in [1.165, 1.54) is 29.1 Å². The number of rotatable bonds is 7. The van der Waals surface area contributed by atoms with Gasteiger partial charge in [-0.25, -0.2) is 24.3 Å². The van der Waals surface area contributed by atoms with Gasteiger partial charge in [0.2, 0.25) is 11.8 Å². The number of nitrogens with zero attached hydrogens (tertiary/aromatic N) is 4. The third-order valence-corrected chi connectivity index (χ3v) is 8.31. The summed E-state index contributed by atoms with van der Waals surface area (Å²) in [5, 5.41) is 19.5. The molecule has 204 valence electrons. The third-order valence-electron chi connectivity index (χ3n) is 6.74. The lowest BCUT2D eigenvalue weighted by Gasteiger charge is -2.44. The van der Waals surface area contributed by atoms with Crippen molar-refractivity contribution >= 4 is 47.8 Å². The lowest BCUT2D eigenvalue weighted by atomic mass is 9.95. The molecule has 3 N–H and O–H groups in total. The largest absolute Gasteiger partial charge is 0.480 e. The number of imide groups is 1. The molecular formula is C25H26N6O7S. The van der Waals surface area contributed by atoms with Crippen LogP contribution < -0.4 is 10.6 Å². The van der Waals surface area contributed by atoms with Crippen LogP contribution in [0.5, 0.6) is 0 Å². The summed E-state index contributed by atoms with van der Waals surface area (Å²) in [5.74, 6) is -1.84. The molecule has 39 heavy (non-hydrogen) atoms. The molecule has 0 saturated carbocycles. The maximum atomic E-state index is 13.4.